The molecule has 1 aliphatic carbocycles. The number of rotatable bonds is 4. The van der Waals surface area contributed by atoms with Gasteiger partial charge in [-0.1, -0.05) is 26.0 Å². The van der Waals surface area contributed by atoms with Crippen molar-refractivity contribution in [2.24, 2.45) is 11.3 Å². The summed E-state index contributed by atoms with van der Waals surface area (Å²) >= 11 is 0. The van der Waals surface area contributed by atoms with Crippen LogP contribution in [-0.2, 0) is 4.74 Å². The molecule has 5 heteroatoms. The van der Waals surface area contributed by atoms with Gasteiger partial charge in [0.05, 0.1) is 17.9 Å². The summed E-state index contributed by atoms with van der Waals surface area (Å²) < 4.78 is 11.5. The third-order valence-electron chi connectivity index (χ3n) is 4.89. The number of para-hydroxylation sites is 2. The van der Waals surface area contributed by atoms with Crippen LogP contribution in [-0.4, -0.2) is 30.9 Å². The number of carbonyl (C=O) groups is 1. The zero-order valence-electron chi connectivity index (χ0n) is 14.3. The predicted octanol–water partition coefficient (Wildman–Crippen LogP) is 3.41. The van der Waals surface area contributed by atoms with Crippen molar-refractivity contribution in [3.63, 3.8) is 0 Å². The SMILES string of the molecule is CC(C)Oc1ccccc1NC(=O)NC1C2CCOC2C1(C)C. The quantitative estimate of drug-likeness (QED) is 0.894. The normalized spacial score (nSPS) is 28.0. The maximum absolute atomic E-state index is 12.4. The molecule has 2 N–H and O–H groups in total. The molecule has 0 radical (unpaired) electrons. The Morgan fingerprint density at radius 1 is 1.35 bits per heavy atom. The van der Waals surface area contributed by atoms with Gasteiger partial charge in [-0.15, -0.1) is 0 Å². The minimum absolute atomic E-state index is 0.0214. The van der Waals surface area contributed by atoms with E-state index in [9.17, 15) is 4.79 Å². The molecule has 1 aromatic carbocycles. The number of ether oxygens (including phenoxy) is 2. The molecule has 3 rings (SSSR count). The average Bonchev–Trinajstić information content (AvgIpc) is 2.93. The Hall–Kier alpha value is -1.75. The first kappa shape index (κ1) is 16.1. The van der Waals surface area contributed by atoms with Crippen LogP contribution in [0, 0.1) is 11.3 Å². The minimum Gasteiger partial charge on any atom is -0.489 e. The van der Waals surface area contributed by atoms with E-state index < -0.39 is 0 Å². The summed E-state index contributed by atoms with van der Waals surface area (Å²) in [6, 6.07) is 7.46. The summed E-state index contributed by atoms with van der Waals surface area (Å²) in [5, 5.41) is 6.04. The molecule has 1 heterocycles. The highest BCUT2D eigenvalue weighted by atomic mass is 16.5. The van der Waals surface area contributed by atoms with Crippen LogP contribution in [0.3, 0.4) is 0 Å². The lowest BCUT2D eigenvalue weighted by atomic mass is 9.57. The molecular weight excluding hydrogens is 292 g/mol. The van der Waals surface area contributed by atoms with Gasteiger partial charge >= 0.3 is 6.03 Å². The maximum atomic E-state index is 12.4. The molecule has 23 heavy (non-hydrogen) atoms. The van der Waals surface area contributed by atoms with E-state index in [2.05, 4.69) is 24.5 Å². The zero-order valence-corrected chi connectivity index (χ0v) is 14.3. The summed E-state index contributed by atoms with van der Waals surface area (Å²) in [6.45, 7) is 9.03. The summed E-state index contributed by atoms with van der Waals surface area (Å²) in [5.74, 6) is 1.12. The van der Waals surface area contributed by atoms with Crippen LogP contribution < -0.4 is 15.4 Å². The van der Waals surface area contributed by atoms with Crippen LogP contribution in [0.5, 0.6) is 5.75 Å². The number of carbonyl (C=O) groups excluding carboxylic acids is 1. The molecule has 1 aromatic rings. The Kier molecular flexibility index (Phi) is 4.23. The van der Waals surface area contributed by atoms with Crippen LogP contribution in [0.1, 0.15) is 34.1 Å². The third-order valence-corrected chi connectivity index (χ3v) is 4.89. The number of fused-ring (bicyclic) bond motifs is 1. The summed E-state index contributed by atoms with van der Waals surface area (Å²) in [7, 11) is 0. The van der Waals surface area contributed by atoms with Crippen molar-refractivity contribution >= 4 is 11.7 Å². The van der Waals surface area contributed by atoms with Crippen molar-refractivity contribution in [1.29, 1.82) is 0 Å². The lowest BCUT2D eigenvalue weighted by Crippen LogP contribution is -2.67. The summed E-state index contributed by atoms with van der Waals surface area (Å²) in [4.78, 5) is 12.4. The van der Waals surface area contributed by atoms with Crippen molar-refractivity contribution in [1.82, 2.24) is 5.32 Å². The van der Waals surface area contributed by atoms with Gasteiger partial charge in [0.1, 0.15) is 5.75 Å². The number of hydrogen-bond acceptors (Lipinski definition) is 3. The number of anilines is 1. The molecule has 1 aliphatic heterocycles. The van der Waals surface area contributed by atoms with Gasteiger partial charge in [0.15, 0.2) is 0 Å². The summed E-state index contributed by atoms with van der Waals surface area (Å²) in [6.07, 6.45) is 1.35. The average molecular weight is 318 g/mol. The number of urea groups is 1. The maximum Gasteiger partial charge on any atom is 0.319 e. The molecule has 0 aromatic heterocycles. The van der Waals surface area contributed by atoms with Crippen LogP contribution in [0.15, 0.2) is 24.3 Å². The second-order valence-electron chi connectivity index (χ2n) is 7.30. The van der Waals surface area contributed by atoms with E-state index in [1.807, 2.05) is 38.1 Å². The Balaban J connectivity index is 1.64. The van der Waals surface area contributed by atoms with Crippen LogP contribution in [0.2, 0.25) is 0 Å². The predicted molar refractivity (Wildman–Crippen MR) is 89.8 cm³/mol. The van der Waals surface area contributed by atoms with Gasteiger partial charge in [-0.2, -0.15) is 0 Å². The molecule has 1 saturated heterocycles. The topological polar surface area (TPSA) is 59.6 Å². The van der Waals surface area contributed by atoms with Crippen molar-refractivity contribution in [3.05, 3.63) is 24.3 Å². The van der Waals surface area contributed by atoms with Crippen molar-refractivity contribution < 1.29 is 14.3 Å². The van der Waals surface area contributed by atoms with Crippen molar-refractivity contribution in [2.75, 3.05) is 11.9 Å². The molecule has 2 fully saturated rings. The standard InChI is InChI=1S/C18H26N2O3/c1-11(2)23-14-8-6-5-7-13(14)19-17(21)20-15-12-9-10-22-16(12)18(15,3)4/h5-8,11-12,15-16H,9-10H2,1-4H3,(H2,19,20,21). The second-order valence-corrected chi connectivity index (χ2v) is 7.30. The lowest BCUT2D eigenvalue weighted by molar-refractivity contribution is -0.107. The Labute approximate surface area is 137 Å². The van der Waals surface area contributed by atoms with E-state index in [1.165, 1.54) is 0 Å². The molecular formula is C18H26N2O3. The highest BCUT2D eigenvalue weighted by Gasteiger charge is 2.59. The third kappa shape index (κ3) is 3.02. The zero-order chi connectivity index (χ0) is 16.6. The number of nitrogens with one attached hydrogen (secondary N) is 2. The molecule has 3 atom stereocenters. The fraction of sp³-hybridized carbons (Fsp3) is 0.611. The Morgan fingerprint density at radius 3 is 2.83 bits per heavy atom. The summed E-state index contributed by atoms with van der Waals surface area (Å²) in [5.41, 5.74) is 0.668. The van der Waals surface area contributed by atoms with E-state index in [0.717, 1.165) is 13.0 Å². The molecule has 0 spiro atoms. The fourth-order valence-electron chi connectivity index (χ4n) is 3.84. The van der Waals surface area contributed by atoms with Gasteiger partial charge in [-0.25, -0.2) is 4.79 Å². The van der Waals surface area contributed by atoms with E-state index >= 15 is 0 Å². The van der Waals surface area contributed by atoms with Crippen molar-refractivity contribution in [3.8, 4) is 5.75 Å². The second kappa shape index (κ2) is 6.04. The van der Waals surface area contributed by atoms with Gasteiger partial charge in [-0.05, 0) is 32.4 Å². The van der Waals surface area contributed by atoms with Gasteiger partial charge in [0.25, 0.3) is 0 Å². The molecule has 1 saturated carbocycles. The highest BCUT2D eigenvalue weighted by molar-refractivity contribution is 5.91. The first-order chi connectivity index (χ1) is 10.9. The first-order valence-corrected chi connectivity index (χ1v) is 8.34. The van der Waals surface area contributed by atoms with E-state index in [1.54, 1.807) is 0 Å². The Morgan fingerprint density at radius 2 is 2.09 bits per heavy atom. The molecule has 2 aliphatic rings. The van der Waals surface area contributed by atoms with Crippen LogP contribution >= 0.6 is 0 Å². The Bertz CT molecular complexity index is 585. The van der Waals surface area contributed by atoms with Gasteiger partial charge in [0, 0.05) is 24.0 Å². The van der Waals surface area contributed by atoms with Gasteiger partial charge in [-0.3, -0.25) is 0 Å². The highest BCUT2D eigenvalue weighted by Crippen LogP contribution is 2.52. The molecule has 3 unspecified atom stereocenters. The van der Waals surface area contributed by atoms with Crippen molar-refractivity contribution in [2.45, 2.75) is 52.4 Å². The van der Waals surface area contributed by atoms with Gasteiger partial charge in [0.2, 0.25) is 0 Å². The minimum atomic E-state index is -0.187. The number of benzene rings is 1. The van der Waals surface area contributed by atoms with E-state index in [-0.39, 0.29) is 29.7 Å². The van der Waals surface area contributed by atoms with E-state index in [4.69, 9.17) is 9.47 Å². The molecule has 126 valence electrons. The molecule has 2 amide bonds. The molecule has 5 nitrogen and oxygen atoms in total. The first-order valence-electron chi connectivity index (χ1n) is 8.34. The number of amides is 2. The van der Waals surface area contributed by atoms with Crippen LogP contribution in [0.4, 0.5) is 10.5 Å². The van der Waals surface area contributed by atoms with Crippen LogP contribution in [0.25, 0.3) is 0 Å². The molecule has 0 bridgehead atoms. The van der Waals surface area contributed by atoms with Gasteiger partial charge < -0.3 is 20.1 Å². The number of hydrogen-bond donors (Lipinski definition) is 2. The van der Waals surface area contributed by atoms with E-state index in [0.29, 0.717) is 17.4 Å². The fourth-order valence-corrected chi connectivity index (χ4v) is 3.84. The lowest BCUT2D eigenvalue weighted by Gasteiger charge is -2.54. The smallest absolute Gasteiger partial charge is 0.319 e. The largest absolute Gasteiger partial charge is 0.489 e. The monoisotopic (exact) mass is 318 g/mol.